The number of nitrogens with zero attached hydrogens (tertiary/aromatic N) is 2. The lowest BCUT2D eigenvalue weighted by Gasteiger charge is -2.35. The third-order valence-corrected chi connectivity index (χ3v) is 15.9. The largest absolute Gasteiger partial charge is 0.508 e. The van der Waals surface area contributed by atoms with Gasteiger partial charge in [-0.25, -0.2) is 0 Å². The first-order valence-electron chi connectivity index (χ1n) is 29.2. The number of carbonyl (C=O) groups is 13. The van der Waals surface area contributed by atoms with E-state index in [4.69, 9.17) is 16.6 Å². The summed E-state index contributed by atoms with van der Waals surface area (Å²) in [6.45, 7) is 2.10. The van der Waals surface area contributed by atoms with E-state index in [2.05, 4.69) is 73.1 Å². The maximum Gasteiger partial charge on any atom is 0.322 e. The standard InChI is InChI=1S/C57H83N13O18S2/c1-4-29(2)45(67-51(82)38(26-72)64-50(81)37(22-31-10-6-5-7-11-31)63-55(86)46(30(3)73)68-53(84)40(28-90)65-47(78)34(58)25-71)57(88)70-21-9-13-42(70)56(87)69-20-8-12-41(69)54(85)61-35(18-19-43(59)75)49(80)66-39(27-89)52(83)62-36(48(79)60-24-44(76)77)23-32-14-16-33(74)17-15-32/h5-7,10-11,14-17,29-30,34-42,45-46,71-74,89-90H,4,8-9,12-13,18-28,58H2,1-3H3,(H2,59,75)(H,60,79)(H,61,85)(H,62,83)(H,63,86)(H,64,81)(H,65,78)(H,66,80)(H,67,82)(H,68,84)(H,76,77)/t29-,30+,34-,35-,36-,37-,38-,39-,40-,41-,42-,45-,46-/m0/s1. The van der Waals surface area contributed by atoms with Gasteiger partial charge in [0.15, 0.2) is 0 Å². The van der Waals surface area contributed by atoms with Gasteiger partial charge in [-0.3, -0.25) is 62.3 Å². The zero-order valence-electron chi connectivity index (χ0n) is 50.0. The van der Waals surface area contributed by atoms with Crippen LogP contribution in [0.1, 0.15) is 76.8 Å². The van der Waals surface area contributed by atoms with Gasteiger partial charge in [0.2, 0.25) is 70.9 Å². The van der Waals surface area contributed by atoms with E-state index < -0.39 is 182 Å². The van der Waals surface area contributed by atoms with Crippen molar-refractivity contribution in [2.45, 2.75) is 151 Å². The fourth-order valence-electron chi connectivity index (χ4n) is 9.82. The fraction of sp³-hybridized carbons (Fsp3) is 0.561. The van der Waals surface area contributed by atoms with Crippen molar-refractivity contribution in [1.29, 1.82) is 0 Å². The number of benzene rings is 2. The molecule has 31 nitrogen and oxygen atoms in total. The summed E-state index contributed by atoms with van der Waals surface area (Å²) in [5.41, 5.74) is 11.9. The van der Waals surface area contributed by atoms with Crippen LogP contribution in [0.3, 0.4) is 0 Å². The number of aliphatic hydroxyl groups excluding tert-OH is 3. The van der Waals surface area contributed by atoms with Crippen LogP contribution in [0.25, 0.3) is 0 Å². The minimum atomic E-state index is -1.75. The minimum Gasteiger partial charge on any atom is -0.508 e. The molecule has 0 unspecified atom stereocenters. The molecular weight excluding hydrogens is 1220 g/mol. The van der Waals surface area contributed by atoms with Gasteiger partial charge < -0.3 is 94.7 Å². The highest BCUT2D eigenvalue weighted by Crippen LogP contribution is 2.27. The molecule has 2 fully saturated rings. The van der Waals surface area contributed by atoms with Gasteiger partial charge in [-0.15, -0.1) is 0 Å². The van der Waals surface area contributed by atoms with E-state index >= 15 is 0 Å². The SMILES string of the molecule is CC[C@H](C)[C@H](NC(=O)[C@H](CO)NC(=O)[C@H](Cc1ccccc1)NC(=O)[C@@H](NC(=O)[C@H](CS)NC(=O)[C@@H](N)CO)[C@@H](C)O)C(=O)N1CCC[C@H]1C(=O)N1CCC[C@H]1C(=O)N[C@@H](CCC(N)=O)C(=O)N[C@@H](CS)C(=O)N[C@@H](Cc1ccc(O)cc1)C(=O)NCC(=O)O. The average molecular weight is 1300 g/mol. The van der Waals surface area contributed by atoms with Gasteiger partial charge in [-0.05, 0) is 68.2 Å². The molecule has 2 saturated heterocycles. The summed E-state index contributed by atoms with van der Waals surface area (Å²) in [7, 11) is 0. The second kappa shape index (κ2) is 36.5. The summed E-state index contributed by atoms with van der Waals surface area (Å²) < 4.78 is 0. The Morgan fingerprint density at radius 2 is 1.08 bits per heavy atom. The van der Waals surface area contributed by atoms with E-state index in [1.54, 1.807) is 44.2 Å². The Kier molecular flexibility index (Phi) is 30.2. The summed E-state index contributed by atoms with van der Waals surface area (Å²) >= 11 is 8.28. The number of aliphatic carboxylic acids is 1. The number of amides is 12. The Hall–Kier alpha value is -8.11. The number of aromatic hydroxyl groups is 1. The van der Waals surface area contributed by atoms with Crippen molar-refractivity contribution >= 4 is 102 Å². The number of phenolic OH excluding ortho intramolecular Hbond substituents is 1. The lowest BCUT2D eigenvalue weighted by molar-refractivity contribution is -0.149. The third-order valence-electron chi connectivity index (χ3n) is 15.1. The first-order chi connectivity index (χ1) is 42.7. The Balaban J connectivity index is 1.49. The number of hydrogen-bond donors (Lipinski definition) is 18. The first-order valence-corrected chi connectivity index (χ1v) is 30.5. The number of nitrogens with one attached hydrogen (secondary N) is 9. The molecule has 0 saturated carbocycles. The monoisotopic (exact) mass is 1300 g/mol. The molecule has 0 radical (unpaired) electrons. The topological polar surface area (TPSA) is 490 Å². The zero-order chi connectivity index (χ0) is 66.9. The molecule has 33 heteroatoms. The molecule has 18 N–H and O–H groups in total. The molecule has 2 aliphatic rings. The number of phenols is 1. The number of carboxylic acid groups (broad SMARTS) is 1. The molecule has 2 aromatic carbocycles. The molecule has 4 rings (SSSR count). The number of rotatable bonds is 35. The molecule has 12 amide bonds. The predicted octanol–water partition coefficient (Wildman–Crippen LogP) is -5.90. The van der Waals surface area contributed by atoms with Gasteiger partial charge in [-0.1, -0.05) is 62.7 Å². The summed E-state index contributed by atoms with van der Waals surface area (Å²) in [5.74, 6) is -13.6. The van der Waals surface area contributed by atoms with Gasteiger partial charge in [0.25, 0.3) is 0 Å². The van der Waals surface area contributed by atoms with Crippen molar-refractivity contribution in [3.8, 4) is 5.75 Å². The van der Waals surface area contributed by atoms with Crippen LogP contribution in [0.2, 0.25) is 0 Å². The highest BCUT2D eigenvalue weighted by atomic mass is 32.1. The second-order valence-corrected chi connectivity index (χ2v) is 22.6. The number of aliphatic hydroxyl groups is 3. The summed E-state index contributed by atoms with van der Waals surface area (Å²) in [6, 6.07) is -2.05. The van der Waals surface area contributed by atoms with E-state index in [0.717, 1.165) is 0 Å². The normalized spacial score (nSPS) is 18.2. The van der Waals surface area contributed by atoms with Crippen molar-refractivity contribution in [2.75, 3.05) is 44.4 Å². The lowest BCUT2D eigenvalue weighted by atomic mass is 9.96. The van der Waals surface area contributed by atoms with E-state index in [-0.39, 0.29) is 62.4 Å². The molecule has 2 heterocycles. The Morgan fingerprint density at radius 3 is 1.63 bits per heavy atom. The van der Waals surface area contributed by atoms with Crippen LogP contribution in [-0.2, 0) is 75.2 Å². The molecule has 0 aliphatic carbocycles. The van der Waals surface area contributed by atoms with E-state index in [0.29, 0.717) is 30.4 Å². The van der Waals surface area contributed by atoms with Crippen molar-refractivity contribution in [2.24, 2.45) is 17.4 Å². The van der Waals surface area contributed by atoms with E-state index in [1.807, 2.05) is 0 Å². The Morgan fingerprint density at radius 1 is 0.589 bits per heavy atom. The molecular formula is C57H83N13O18S2. The summed E-state index contributed by atoms with van der Waals surface area (Å²) in [5, 5.41) is 71.1. The van der Waals surface area contributed by atoms with Crippen LogP contribution in [0.15, 0.2) is 54.6 Å². The maximum absolute atomic E-state index is 14.7. The van der Waals surface area contributed by atoms with Crippen LogP contribution in [0.5, 0.6) is 5.75 Å². The van der Waals surface area contributed by atoms with Gasteiger partial charge in [0.05, 0.1) is 19.3 Å². The number of carboxylic acids is 1. The molecule has 2 aliphatic heterocycles. The quantitative estimate of drug-likeness (QED) is 0.0286. The van der Waals surface area contributed by atoms with Crippen molar-refractivity contribution in [3.05, 3.63) is 65.7 Å². The van der Waals surface area contributed by atoms with Gasteiger partial charge >= 0.3 is 5.97 Å². The number of thiol groups is 2. The van der Waals surface area contributed by atoms with Crippen molar-refractivity contribution in [3.63, 3.8) is 0 Å². The molecule has 13 atom stereocenters. The van der Waals surface area contributed by atoms with Crippen molar-refractivity contribution < 1.29 is 87.9 Å². The Bertz CT molecular complexity index is 2860. The fourth-order valence-corrected chi connectivity index (χ4v) is 10.3. The zero-order valence-corrected chi connectivity index (χ0v) is 51.8. The van der Waals surface area contributed by atoms with Crippen molar-refractivity contribution in [1.82, 2.24) is 57.7 Å². The van der Waals surface area contributed by atoms with Gasteiger partial charge in [0, 0.05) is 43.9 Å². The molecule has 90 heavy (non-hydrogen) atoms. The average Bonchev–Trinajstić information content (AvgIpc) is 2.01. The number of primary amides is 1. The predicted molar refractivity (Wildman–Crippen MR) is 327 cm³/mol. The molecule has 2 aromatic rings. The van der Waals surface area contributed by atoms with E-state index in [1.165, 1.54) is 41.0 Å². The van der Waals surface area contributed by atoms with Crippen LogP contribution in [0.4, 0.5) is 0 Å². The second-order valence-electron chi connectivity index (χ2n) is 21.9. The van der Waals surface area contributed by atoms with Crippen LogP contribution >= 0.6 is 25.3 Å². The number of hydrogen-bond acceptors (Lipinski definition) is 20. The van der Waals surface area contributed by atoms with E-state index in [9.17, 15) is 82.8 Å². The highest BCUT2D eigenvalue weighted by Gasteiger charge is 2.46. The summed E-state index contributed by atoms with van der Waals surface area (Å²) in [6.07, 6.45) is -1.61. The maximum atomic E-state index is 14.7. The van der Waals surface area contributed by atoms with Crippen LogP contribution in [0, 0.1) is 5.92 Å². The smallest absolute Gasteiger partial charge is 0.322 e. The van der Waals surface area contributed by atoms with Crippen LogP contribution < -0.4 is 59.3 Å². The molecule has 0 spiro atoms. The van der Waals surface area contributed by atoms with Gasteiger partial charge in [0.1, 0.15) is 78.8 Å². The third kappa shape index (κ3) is 22.1. The van der Waals surface area contributed by atoms with Crippen LogP contribution in [-0.4, -0.2) is 229 Å². The summed E-state index contributed by atoms with van der Waals surface area (Å²) in [4.78, 5) is 178. The Labute approximate surface area is 529 Å². The first kappa shape index (κ1) is 74.4. The highest BCUT2D eigenvalue weighted by molar-refractivity contribution is 7.80. The molecule has 0 aromatic heterocycles. The molecule has 496 valence electrons. The number of likely N-dealkylation sites (tertiary alicyclic amines) is 2. The number of nitrogens with two attached hydrogens (primary N) is 2. The lowest BCUT2D eigenvalue weighted by Crippen LogP contribution is -2.63. The molecule has 0 bridgehead atoms. The minimum absolute atomic E-state index is 0.0410. The number of carbonyl (C=O) groups excluding carboxylic acids is 12. The van der Waals surface area contributed by atoms with Gasteiger partial charge in [-0.2, -0.15) is 25.3 Å².